The predicted octanol–water partition coefficient (Wildman–Crippen LogP) is 4.19. The van der Waals surface area contributed by atoms with E-state index in [1.165, 1.54) is 28.0 Å². The monoisotopic (exact) mass is 462 g/mol. The van der Waals surface area contributed by atoms with Crippen molar-refractivity contribution in [3.8, 4) is 0 Å². The van der Waals surface area contributed by atoms with Crippen LogP contribution in [-0.2, 0) is 11.3 Å². The van der Waals surface area contributed by atoms with E-state index >= 15 is 0 Å². The average molecular weight is 463 g/mol. The number of aromatic nitrogens is 3. The fourth-order valence-electron chi connectivity index (χ4n) is 3.03. The molecule has 2 aromatic heterocycles. The minimum Gasteiger partial charge on any atom is -0.456 e. The fraction of sp³-hybridized carbons (Fsp3) is 0.208. The molecule has 2 aromatic carbocycles. The molecule has 0 bridgehead atoms. The summed E-state index contributed by atoms with van der Waals surface area (Å²) in [6.45, 7) is 5.77. The lowest BCUT2D eigenvalue weighted by Gasteiger charge is -2.08. The Kier molecular flexibility index (Phi) is 6.32. The molecule has 0 atom stereocenters. The van der Waals surface area contributed by atoms with Crippen LogP contribution < -0.4 is 10.9 Å². The lowest BCUT2D eigenvalue weighted by Crippen LogP contribution is -2.17. The molecular formula is C24H22N4O4S. The first-order valence-electron chi connectivity index (χ1n) is 10.3. The third kappa shape index (κ3) is 5.15. The summed E-state index contributed by atoms with van der Waals surface area (Å²) in [5.41, 5.74) is 2.34. The van der Waals surface area contributed by atoms with Crippen LogP contribution >= 0.6 is 11.3 Å². The molecule has 33 heavy (non-hydrogen) atoms. The highest BCUT2D eigenvalue weighted by atomic mass is 32.1. The molecule has 0 unspecified atom stereocenters. The number of amides is 1. The Morgan fingerprint density at radius 2 is 1.85 bits per heavy atom. The first-order chi connectivity index (χ1) is 15.8. The summed E-state index contributed by atoms with van der Waals surface area (Å²) in [6.07, 6.45) is 0. The molecule has 4 rings (SSSR count). The molecule has 9 heteroatoms. The Morgan fingerprint density at radius 1 is 1.09 bits per heavy atom. The van der Waals surface area contributed by atoms with Crippen LogP contribution in [0.4, 0.5) is 5.69 Å². The number of anilines is 1. The van der Waals surface area contributed by atoms with Crippen molar-refractivity contribution < 1.29 is 14.3 Å². The normalized spacial score (nSPS) is 11.0. The van der Waals surface area contributed by atoms with Gasteiger partial charge >= 0.3 is 5.97 Å². The lowest BCUT2D eigenvalue weighted by atomic mass is 10.1. The summed E-state index contributed by atoms with van der Waals surface area (Å²) >= 11 is 1.33. The predicted molar refractivity (Wildman–Crippen MR) is 126 cm³/mol. The highest BCUT2D eigenvalue weighted by molar-refractivity contribution is 7.16. The zero-order chi connectivity index (χ0) is 23.5. The van der Waals surface area contributed by atoms with Crippen molar-refractivity contribution in [2.45, 2.75) is 33.3 Å². The second-order valence-corrected chi connectivity index (χ2v) is 8.84. The third-order valence-corrected chi connectivity index (χ3v) is 6.04. The number of hydrogen-bond donors (Lipinski definition) is 1. The summed E-state index contributed by atoms with van der Waals surface area (Å²) in [5, 5.41) is 7.85. The first kappa shape index (κ1) is 22.3. The third-order valence-electron chi connectivity index (χ3n) is 4.83. The smallest absolute Gasteiger partial charge is 0.338 e. The molecule has 1 N–H and O–H groups in total. The number of ether oxygens (including phenoxy) is 1. The van der Waals surface area contributed by atoms with Crippen LogP contribution in [0.5, 0.6) is 0 Å². The molecule has 2 heterocycles. The van der Waals surface area contributed by atoms with Crippen molar-refractivity contribution in [2.75, 3.05) is 5.32 Å². The Morgan fingerprint density at radius 3 is 2.58 bits per heavy atom. The number of carbonyl (C=O) groups is 2. The summed E-state index contributed by atoms with van der Waals surface area (Å²) in [6, 6.07) is 15.0. The van der Waals surface area contributed by atoms with Crippen molar-refractivity contribution in [1.29, 1.82) is 0 Å². The summed E-state index contributed by atoms with van der Waals surface area (Å²) in [7, 11) is 0. The number of fused-ring (bicyclic) bond motifs is 1. The largest absolute Gasteiger partial charge is 0.456 e. The maximum Gasteiger partial charge on any atom is 0.338 e. The van der Waals surface area contributed by atoms with Gasteiger partial charge in [-0.1, -0.05) is 48.9 Å². The van der Waals surface area contributed by atoms with Gasteiger partial charge in [0.05, 0.1) is 11.3 Å². The molecule has 0 saturated heterocycles. The van der Waals surface area contributed by atoms with E-state index in [2.05, 4.69) is 15.4 Å². The number of esters is 1. The van der Waals surface area contributed by atoms with Crippen molar-refractivity contribution in [3.05, 3.63) is 92.3 Å². The molecule has 0 fully saturated rings. The number of rotatable bonds is 6. The number of aryl methyl sites for hydroxylation is 1. The summed E-state index contributed by atoms with van der Waals surface area (Å²) < 4.78 is 6.61. The van der Waals surface area contributed by atoms with Gasteiger partial charge in [0.25, 0.3) is 11.5 Å². The van der Waals surface area contributed by atoms with Crippen LogP contribution in [-0.4, -0.2) is 26.5 Å². The minimum atomic E-state index is -0.587. The number of carbonyl (C=O) groups excluding carboxylic acids is 2. The number of benzene rings is 2. The van der Waals surface area contributed by atoms with E-state index in [1.54, 1.807) is 30.3 Å². The van der Waals surface area contributed by atoms with Gasteiger partial charge in [-0.25, -0.2) is 9.78 Å². The Hall–Kier alpha value is -3.85. The number of hydrogen-bond acceptors (Lipinski definition) is 7. The zero-order valence-corrected chi connectivity index (χ0v) is 19.2. The van der Waals surface area contributed by atoms with Crippen molar-refractivity contribution in [1.82, 2.24) is 14.6 Å². The second kappa shape index (κ2) is 9.33. The molecule has 0 spiro atoms. The van der Waals surface area contributed by atoms with Gasteiger partial charge in [-0.15, -0.1) is 0 Å². The van der Waals surface area contributed by atoms with Crippen molar-refractivity contribution in [2.24, 2.45) is 0 Å². The number of nitrogens with one attached hydrogen (secondary N) is 1. The molecular weight excluding hydrogens is 440 g/mol. The van der Waals surface area contributed by atoms with Gasteiger partial charge in [-0.2, -0.15) is 9.61 Å². The zero-order valence-electron chi connectivity index (χ0n) is 18.4. The van der Waals surface area contributed by atoms with Crippen LogP contribution in [0.25, 0.3) is 4.96 Å². The molecule has 0 aliphatic carbocycles. The Balaban J connectivity index is 1.44. The van der Waals surface area contributed by atoms with Gasteiger partial charge in [0, 0.05) is 23.2 Å². The molecule has 4 aromatic rings. The van der Waals surface area contributed by atoms with E-state index in [4.69, 9.17) is 4.74 Å². The fourth-order valence-corrected chi connectivity index (χ4v) is 3.96. The molecule has 0 saturated carbocycles. The van der Waals surface area contributed by atoms with Crippen molar-refractivity contribution in [3.63, 3.8) is 0 Å². The lowest BCUT2D eigenvalue weighted by molar-refractivity contribution is 0.0467. The van der Waals surface area contributed by atoms with Gasteiger partial charge in [0.15, 0.2) is 0 Å². The van der Waals surface area contributed by atoms with Gasteiger partial charge in [-0.05, 0) is 37.3 Å². The van der Waals surface area contributed by atoms with Gasteiger partial charge in [-0.3, -0.25) is 9.59 Å². The van der Waals surface area contributed by atoms with Gasteiger partial charge in [0.1, 0.15) is 11.6 Å². The van der Waals surface area contributed by atoms with Crippen LogP contribution in [0.15, 0.2) is 59.4 Å². The Bertz CT molecular complexity index is 1390. The summed E-state index contributed by atoms with van der Waals surface area (Å²) in [5.74, 6) is -0.685. The Labute approximate surface area is 193 Å². The van der Waals surface area contributed by atoms with Crippen LogP contribution in [0.3, 0.4) is 0 Å². The maximum absolute atomic E-state index is 12.5. The highest BCUT2D eigenvalue weighted by Crippen LogP contribution is 2.20. The van der Waals surface area contributed by atoms with Gasteiger partial charge in [0.2, 0.25) is 4.96 Å². The highest BCUT2D eigenvalue weighted by Gasteiger charge is 2.14. The van der Waals surface area contributed by atoms with E-state index in [9.17, 15) is 14.4 Å². The standard InChI is InChI=1S/C24H22N4O4S/c1-14(2)22-27-28-20(29)12-19(26-24(28)33-22)13-32-23(31)17-5-4-6-18(11-17)25-21(30)16-9-7-15(3)8-10-16/h4-12,14H,13H2,1-3H3,(H,25,30). The molecule has 0 radical (unpaired) electrons. The molecule has 1 amide bonds. The SMILES string of the molecule is Cc1ccc(C(=O)Nc2cccc(C(=O)OCc3cc(=O)n4nc(C(C)C)sc4n3)c2)cc1. The molecule has 168 valence electrons. The molecule has 0 aliphatic heterocycles. The average Bonchev–Trinajstić information content (AvgIpc) is 3.23. The quantitative estimate of drug-likeness (QED) is 0.431. The van der Waals surface area contributed by atoms with Gasteiger partial charge < -0.3 is 10.1 Å². The molecule has 0 aliphatic rings. The second-order valence-electron chi connectivity index (χ2n) is 7.85. The van der Waals surface area contributed by atoms with E-state index in [-0.39, 0.29) is 29.6 Å². The van der Waals surface area contributed by atoms with Crippen LogP contribution in [0.1, 0.15) is 56.7 Å². The van der Waals surface area contributed by atoms with E-state index in [0.717, 1.165) is 10.6 Å². The van der Waals surface area contributed by atoms with E-state index in [0.29, 0.717) is 21.9 Å². The summed E-state index contributed by atoms with van der Waals surface area (Å²) in [4.78, 5) is 42.1. The molecule has 8 nitrogen and oxygen atoms in total. The van der Waals surface area contributed by atoms with Crippen LogP contribution in [0.2, 0.25) is 0 Å². The van der Waals surface area contributed by atoms with Crippen molar-refractivity contribution >= 4 is 33.9 Å². The van der Waals surface area contributed by atoms with Crippen LogP contribution in [0, 0.1) is 6.92 Å². The van der Waals surface area contributed by atoms with E-state index in [1.807, 2.05) is 32.9 Å². The maximum atomic E-state index is 12.5. The topological polar surface area (TPSA) is 103 Å². The number of nitrogens with zero attached hydrogens (tertiary/aromatic N) is 3. The van der Waals surface area contributed by atoms with E-state index < -0.39 is 5.97 Å². The minimum absolute atomic E-state index is 0.153. The first-order valence-corrected chi connectivity index (χ1v) is 11.2.